The Morgan fingerprint density at radius 1 is 1.12 bits per heavy atom. The molecule has 14 nitrogen and oxygen atoms in total. The second-order valence-electron chi connectivity index (χ2n) is 19.6. The molecule has 5 aliphatic carbocycles. The predicted octanol–water partition coefficient (Wildman–Crippen LogP) is 4.11. The van der Waals surface area contributed by atoms with Crippen LogP contribution in [0.1, 0.15) is 58.9 Å². The number of carbonyl (C=O) groups is 2. The van der Waals surface area contributed by atoms with E-state index in [0.717, 1.165) is 18.4 Å². The Morgan fingerprint density at radius 3 is 2.43 bits per heavy atom. The first-order valence-electron chi connectivity index (χ1n) is 22.7. The highest BCUT2D eigenvalue weighted by atomic mass is 32.2. The molecule has 0 spiro atoms. The minimum atomic E-state index is -5.56. The maximum absolute atomic E-state index is 14.4. The monoisotopic (exact) mass is 934 g/mol. The lowest BCUT2D eigenvalue weighted by molar-refractivity contribution is -0.173. The third kappa shape index (κ3) is 11.3. The van der Waals surface area contributed by atoms with Gasteiger partial charge in [0.1, 0.15) is 17.9 Å². The number of aliphatic hydroxyl groups excluding tert-OH is 2. The van der Waals surface area contributed by atoms with E-state index in [0.29, 0.717) is 60.2 Å². The van der Waals surface area contributed by atoms with Gasteiger partial charge in [-0.05, 0) is 93.8 Å². The van der Waals surface area contributed by atoms with Gasteiger partial charge < -0.3 is 35.4 Å². The number of likely N-dealkylation sites (N-methyl/N-ethyl adjacent to an activating group) is 2. The number of carbonyl (C=O) groups excluding carboxylic acids is 2. The molecule has 362 valence electrons. The van der Waals surface area contributed by atoms with Crippen molar-refractivity contribution in [2.75, 3.05) is 61.0 Å². The van der Waals surface area contributed by atoms with Crippen LogP contribution >= 0.6 is 0 Å². The SMILES string of the molecule is COC1=C(CN2O[C@@H](CO)[C@@H]([C@H](C)O)[C@H]2C(=O)N[C@H]2C[C@H]3C[C@@H]([C@@H]2C)C3(C)C)C=CCC1C1C=C(C(=O)N[C@@H](Cc2ccccc2)CN(C)C)C=C(N(C)CCNS(=O)(=O)C(F)(F)F)C1. The van der Waals surface area contributed by atoms with E-state index in [4.69, 9.17) is 9.57 Å². The normalized spacial score (nSPS) is 30.0. The van der Waals surface area contributed by atoms with Gasteiger partial charge in [-0.25, -0.2) is 13.1 Å². The van der Waals surface area contributed by atoms with Crippen LogP contribution in [0.5, 0.6) is 0 Å². The molecule has 3 saturated carbocycles. The van der Waals surface area contributed by atoms with Crippen LogP contribution in [0.2, 0.25) is 0 Å². The average Bonchev–Trinajstić information content (AvgIpc) is 3.62. The van der Waals surface area contributed by atoms with Crippen LogP contribution in [-0.2, 0) is 35.6 Å². The zero-order valence-corrected chi connectivity index (χ0v) is 39.7. The van der Waals surface area contributed by atoms with Crippen LogP contribution in [0.3, 0.4) is 0 Å². The van der Waals surface area contributed by atoms with Crippen molar-refractivity contribution >= 4 is 21.8 Å². The smallest absolute Gasteiger partial charge is 0.500 e. The van der Waals surface area contributed by atoms with Crippen molar-refractivity contribution in [2.45, 2.75) is 95.6 Å². The number of rotatable bonds is 19. The van der Waals surface area contributed by atoms with Crippen LogP contribution < -0.4 is 15.4 Å². The van der Waals surface area contributed by atoms with Crippen molar-refractivity contribution in [1.82, 2.24) is 30.2 Å². The van der Waals surface area contributed by atoms with Crippen LogP contribution in [0.25, 0.3) is 0 Å². The summed E-state index contributed by atoms with van der Waals surface area (Å²) < 4.78 is 70.9. The van der Waals surface area contributed by atoms with Gasteiger partial charge in [-0.1, -0.05) is 69.3 Å². The van der Waals surface area contributed by atoms with E-state index in [9.17, 15) is 41.4 Å². The largest absolute Gasteiger partial charge is 0.511 e. The maximum Gasteiger partial charge on any atom is 0.511 e. The highest BCUT2D eigenvalue weighted by molar-refractivity contribution is 7.90. The van der Waals surface area contributed by atoms with E-state index >= 15 is 0 Å². The number of ether oxygens (including phenoxy) is 1. The number of fused-ring (bicyclic) bond motifs is 2. The summed E-state index contributed by atoms with van der Waals surface area (Å²) in [5, 5.41) is 29.5. The Bertz CT molecular complexity index is 2090. The number of nitrogens with zero attached hydrogens (tertiary/aromatic N) is 3. The minimum Gasteiger partial charge on any atom is -0.500 e. The molecule has 2 unspecified atom stereocenters. The zero-order valence-electron chi connectivity index (χ0n) is 38.8. The Labute approximate surface area is 382 Å². The van der Waals surface area contributed by atoms with Gasteiger partial charge in [0, 0.05) is 67.4 Å². The number of alkyl halides is 3. The molecule has 1 saturated heterocycles. The number of allylic oxidation sites excluding steroid dienone is 4. The van der Waals surface area contributed by atoms with Crippen molar-refractivity contribution < 1.29 is 51.0 Å². The highest BCUT2D eigenvalue weighted by Gasteiger charge is 2.57. The van der Waals surface area contributed by atoms with E-state index in [1.807, 2.05) is 67.6 Å². The second-order valence-corrected chi connectivity index (χ2v) is 21.3. The van der Waals surface area contributed by atoms with Crippen LogP contribution in [0.15, 0.2) is 77.2 Å². The Hall–Kier alpha value is -3.78. The Balaban J connectivity index is 1.27. The van der Waals surface area contributed by atoms with Gasteiger partial charge >= 0.3 is 15.5 Å². The topological polar surface area (TPSA) is 173 Å². The van der Waals surface area contributed by atoms with Gasteiger partial charge in [0.25, 0.3) is 5.91 Å². The number of sulfonamides is 1. The van der Waals surface area contributed by atoms with E-state index < -0.39 is 52.9 Å². The van der Waals surface area contributed by atoms with Gasteiger partial charge in [-0.2, -0.15) is 18.2 Å². The van der Waals surface area contributed by atoms with Gasteiger partial charge in [0.2, 0.25) is 5.91 Å². The summed E-state index contributed by atoms with van der Waals surface area (Å²) >= 11 is 0. The Kier molecular flexibility index (Phi) is 16.1. The molecule has 5 N–H and O–H groups in total. The number of hydroxylamine groups is 2. The third-order valence-corrected chi connectivity index (χ3v) is 15.9. The summed E-state index contributed by atoms with van der Waals surface area (Å²) in [7, 11) is 1.46. The molecule has 11 atom stereocenters. The standard InChI is InChI=1S/C47H69F3N6O8S/c1-28-38-23-34(46(38,3)4)24-39(28)53-45(60)42-41(29(2)58)40(27-57)64-56(42)25-31-15-12-16-37(43(31)63-8)32-20-33(22-36(21-32)55(7)18-17-51-65(61,62)47(48,49)50)44(59)52-35(26-54(5)6)19-30-13-10-9-11-14-30/h9-15,20,22,28-29,32,34-35,37-42,51,57-58H,16-19,21,23-27H2,1-8H3,(H,52,59)(H,53,60)/t28-,29-,32?,34+,35-,37?,38-,39-,40-,41+,42-/m0/s1. The molecule has 1 aromatic carbocycles. The van der Waals surface area contributed by atoms with Crippen molar-refractivity contribution in [3.05, 3.63) is 82.8 Å². The summed E-state index contributed by atoms with van der Waals surface area (Å²) in [6.45, 7) is 7.94. The molecule has 1 aromatic rings. The summed E-state index contributed by atoms with van der Waals surface area (Å²) in [5.74, 6) is -0.237. The van der Waals surface area contributed by atoms with E-state index in [1.165, 1.54) is 0 Å². The molecule has 65 heavy (non-hydrogen) atoms. The lowest BCUT2D eigenvalue weighted by Gasteiger charge is -2.62. The number of benzene rings is 1. The van der Waals surface area contributed by atoms with Gasteiger partial charge in [0.15, 0.2) is 0 Å². The molecule has 2 bridgehead atoms. The molecule has 18 heteroatoms. The molecule has 2 amide bonds. The number of methoxy groups -OCH3 is 1. The van der Waals surface area contributed by atoms with Crippen LogP contribution in [0, 0.1) is 40.9 Å². The fraction of sp³-hybridized carbons (Fsp3) is 0.660. The van der Waals surface area contributed by atoms with E-state index in [1.54, 1.807) is 41.8 Å². The molecule has 1 heterocycles. The fourth-order valence-electron chi connectivity index (χ4n) is 11.0. The van der Waals surface area contributed by atoms with Crippen LogP contribution in [0.4, 0.5) is 13.2 Å². The molecule has 0 aromatic heterocycles. The van der Waals surface area contributed by atoms with Crippen molar-refractivity contribution in [2.24, 2.45) is 40.9 Å². The summed E-state index contributed by atoms with van der Waals surface area (Å²) in [4.78, 5) is 38.6. The number of nitrogens with one attached hydrogen (secondary N) is 3. The molecule has 0 radical (unpaired) electrons. The lowest BCUT2D eigenvalue weighted by atomic mass is 9.45. The van der Waals surface area contributed by atoms with Crippen molar-refractivity contribution in [3.63, 3.8) is 0 Å². The first-order chi connectivity index (χ1) is 30.6. The number of hydrogen-bond acceptors (Lipinski definition) is 11. The number of hydrogen-bond donors (Lipinski definition) is 5. The van der Waals surface area contributed by atoms with Gasteiger partial charge in [0.05, 0.1) is 26.4 Å². The lowest BCUT2D eigenvalue weighted by Crippen LogP contribution is -2.62. The molecule has 4 fully saturated rings. The van der Waals surface area contributed by atoms with Gasteiger partial charge in [-0.3, -0.25) is 14.4 Å². The maximum atomic E-state index is 14.4. The molecule has 7 rings (SSSR count). The summed E-state index contributed by atoms with van der Waals surface area (Å²) in [6.07, 6.45) is 9.05. The quantitative estimate of drug-likeness (QED) is 0.135. The molecular weight excluding hydrogens is 866 g/mol. The Morgan fingerprint density at radius 2 is 1.83 bits per heavy atom. The average molecular weight is 935 g/mol. The highest BCUT2D eigenvalue weighted by Crippen LogP contribution is 2.61. The zero-order chi connectivity index (χ0) is 47.6. The molecular formula is C47H69F3N6O8S. The number of aliphatic hydroxyl groups is 2. The van der Waals surface area contributed by atoms with E-state index in [2.05, 4.69) is 31.4 Å². The minimum absolute atomic E-state index is 0.0390. The molecule has 6 aliphatic rings. The summed E-state index contributed by atoms with van der Waals surface area (Å²) in [5.41, 5.74) is -2.56. The molecule has 1 aliphatic heterocycles. The predicted molar refractivity (Wildman–Crippen MR) is 241 cm³/mol. The first kappa shape index (κ1) is 50.6. The van der Waals surface area contributed by atoms with Gasteiger partial charge in [-0.15, -0.1) is 0 Å². The van der Waals surface area contributed by atoms with Crippen LogP contribution in [-0.4, -0.2) is 142 Å². The fourth-order valence-corrected chi connectivity index (χ4v) is 11.6. The van der Waals surface area contributed by atoms with Crippen molar-refractivity contribution in [3.8, 4) is 0 Å². The number of amides is 2. The van der Waals surface area contributed by atoms with E-state index in [-0.39, 0.29) is 60.2 Å². The third-order valence-electron chi connectivity index (χ3n) is 14.7. The summed E-state index contributed by atoms with van der Waals surface area (Å²) in [6, 6.07) is 8.54. The van der Waals surface area contributed by atoms with Crippen molar-refractivity contribution in [1.29, 1.82) is 0 Å². The number of halogens is 3. The second kappa shape index (κ2) is 20.6. The first-order valence-corrected chi connectivity index (χ1v) is 24.2.